The summed E-state index contributed by atoms with van der Waals surface area (Å²) in [6.07, 6.45) is 0.0513. The topological polar surface area (TPSA) is 83.1 Å². The van der Waals surface area contributed by atoms with Gasteiger partial charge in [-0.3, -0.25) is 4.90 Å². The number of piperazine rings is 1. The van der Waals surface area contributed by atoms with Crippen LogP contribution in [0.5, 0.6) is 5.75 Å². The molecule has 2 aliphatic rings. The fourth-order valence-electron chi connectivity index (χ4n) is 4.51. The summed E-state index contributed by atoms with van der Waals surface area (Å²) in [5.41, 5.74) is 2.87. The van der Waals surface area contributed by atoms with Crippen LogP contribution in [0.2, 0.25) is 5.02 Å². The van der Waals surface area contributed by atoms with Crippen LogP contribution in [-0.4, -0.2) is 62.3 Å². The maximum absolute atomic E-state index is 13.1. The molecule has 2 aliphatic heterocycles. The van der Waals surface area contributed by atoms with E-state index in [9.17, 15) is 9.59 Å². The number of halogens is 1. The fraction of sp³-hybridized carbons (Fsp3) is 0.407. The van der Waals surface area contributed by atoms with Crippen LogP contribution in [0.1, 0.15) is 32.4 Å². The Morgan fingerprint density at radius 2 is 1.83 bits per heavy atom. The van der Waals surface area contributed by atoms with Crippen molar-refractivity contribution in [1.29, 1.82) is 0 Å². The molecule has 0 bridgehead atoms. The molecule has 0 aromatic heterocycles. The number of benzene rings is 2. The van der Waals surface area contributed by atoms with Gasteiger partial charge in [0.05, 0.1) is 24.3 Å². The van der Waals surface area contributed by atoms with Gasteiger partial charge in [0.25, 0.3) is 0 Å². The number of anilines is 1. The summed E-state index contributed by atoms with van der Waals surface area (Å²) in [5, 5.41) is 6.48. The van der Waals surface area contributed by atoms with Gasteiger partial charge in [0.1, 0.15) is 5.75 Å². The van der Waals surface area contributed by atoms with Gasteiger partial charge in [-0.15, -0.1) is 0 Å². The summed E-state index contributed by atoms with van der Waals surface area (Å²) >= 11 is 6.16. The molecule has 9 heteroatoms. The van der Waals surface area contributed by atoms with Crippen LogP contribution >= 0.6 is 11.6 Å². The average molecular weight is 513 g/mol. The second-order valence-electron chi connectivity index (χ2n) is 9.12. The maximum atomic E-state index is 13.1. The minimum atomic E-state index is -0.617. The molecule has 2 amide bonds. The molecule has 2 aromatic rings. The summed E-state index contributed by atoms with van der Waals surface area (Å²) in [6.45, 7) is 9.57. The molecule has 4 rings (SSSR count). The van der Waals surface area contributed by atoms with Crippen LogP contribution in [0.15, 0.2) is 59.8 Å². The van der Waals surface area contributed by atoms with Crippen LogP contribution < -0.4 is 20.3 Å². The number of carbonyl (C=O) groups is 2. The zero-order valence-electron chi connectivity index (χ0n) is 20.9. The third-order valence-corrected chi connectivity index (χ3v) is 6.40. The molecule has 2 aromatic carbocycles. The van der Waals surface area contributed by atoms with Gasteiger partial charge in [0.15, 0.2) is 0 Å². The molecule has 1 fully saturated rings. The summed E-state index contributed by atoms with van der Waals surface area (Å²) in [4.78, 5) is 30.2. The predicted octanol–water partition coefficient (Wildman–Crippen LogP) is 4.12. The van der Waals surface area contributed by atoms with Crippen molar-refractivity contribution in [3.63, 3.8) is 0 Å². The lowest BCUT2D eigenvalue weighted by Gasteiger charge is -2.38. The van der Waals surface area contributed by atoms with Gasteiger partial charge in [-0.2, -0.15) is 0 Å². The van der Waals surface area contributed by atoms with E-state index in [1.807, 2.05) is 56.3 Å². The molecule has 1 saturated heterocycles. The molecule has 0 saturated carbocycles. The van der Waals surface area contributed by atoms with Crippen molar-refractivity contribution < 1.29 is 19.1 Å². The van der Waals surface area contributed by atoms with E-state index < -0.39 is 12.0 Å². The molecule has 0 spiro atoms. The molecule has 192 valence electrons. The van der Waals surface area contributed by atoms with Gasteiger partial charge >= 0.3 is 12.0 Å². The van der Waals surface area contributed by atoms with E-state index in [1.165, 1.54) is 0 Å². The minimum absolute atomic E-state index is 0.0513. The summed E-state index contributed by atoms with van der Waals surface area (Å²) in [7, 11) is 0. The standard InChI is InChI=1S/C27H33ClN4O4/c1-4-35-26(33)24-23(17-31-12-14-32(15-13-31)21-7-5-6-20(28)16-21)29-27(34)30-25(24)19-8-10-22(11-9-19)36-18(2)3/h5-11,16,18,25H,4,12-15,17H2,1-3H3,(H2,29,30,34). The zero-order valence-corrected chi connectivity index (χ0v) is 21.7. The number of nitrogens with one attached hydrogen (secondary N) is 2. The monoisotopic (exact) mass is 512 g/mol. The molecule has 0 radical (unpaired) electrons. The second kappa shape index (κ2) is 11.7. The zero-order chi connectivity index (χ0) is 25.7. The number of urea groups is 1. The van der Waals surface area contributed by atoms with E-state index in [-0.39, 0.29) is 18.7 Å². The Hall–Kier alpha value is -3.23. The van der Waals surface area contributed by atoms with Gasteiger partial charge < -0.3 is 25.0 Å². The molecule has 36 heavy (non-hydrogen) atoms. The molecule has 8 nitrogen and oxygen atoms in total. The Morgan fingerprint density at radius 3 is 2.47 bits per heavy atom. The largest absolute Gasteiger partial charge is 0.491 e. The number of hydrogen-bond acceptors (Lipinski definition) is 6. The highest BCUT2D eigenvalue weighted by Crippen LogP contribution is 2.30. The van der Waals surface area contributed by atoms with Crippen molar-refractivity contribution in [3.05, 3.63) is 70.4 Å². The Balaban J connectivity index is 1.54. The number of ether oxygens (including phenoxy) is 2. The first-order valence-corrected chi connectivity index (χ1v) is 12.7. The fourth-order valence-corrected chi connectivity index (χ4v) is 4.70. The smallest absolute Gasteiger partial charge is 0.338 e. The number of amides is 2. The van der Waals surface area contributed by atoms with Crippen molar-refractivity contribution in [2.45, 2.75) is 32.9 Å². The van der Waals surface area contributed by atoms with E-state index in [4.69, 9.17) is 21.1 Å². The highest BCUT2D eigenvalue weighted by atomic mass is 35.5. The maximum Gasteiger partial charge on any atom is 0.338 e. The van der Waals surface area contributed by atoms with E-state index in [0.29, 0.717) is 22.8 Å². The molecular weight excluding hydrogens is 480 g/mol. The predicted molar refractivity (Wildman–Crippen MR) is 140 cm³/mol. The molecule has 2 heterocycles. The summed E-state index contributed by atoms with van der Waals surface area (Å²) < 4.78 is 11.1. The highest BCUT2D eigenvalue weighted by Gasteiger charge is 2.34. The van der Waals surface area contributed by atoms with E-state index >= 15 is 0 Å². The number of hydrogen-bond donors (Lipinski definition) is 2. The number of carbonyl (C=O) groups excluding carboxylic acids is 2. The lowest BCUT2D eigenvalue weighted by molar-refractivity contribution is -0.139. The van der Waals surface area contributed by atoms with E-state index in [0.717, 1.165) is 43.2 Å². The third-order valence-electron chi connectivity index (χ3n) is 6.16. The number of rotatable bonds is 8. The first kappa shape index (κ1) is 25.9. The first-order chi connectivity index (χ1) is 17.3. The Kier molecular flexibility index (Phi) is 8.38. The van der Waals surface area contributed by atoms with Gasteiger partial charge in [-0.1, -0.05) is 29.8 Å². The van der Waals surface area contributed by atoms with Crippen LogP contribution in [0.25, 0.3) is 0 Å². The van der Waals surface area contributed by atoms with Gasteiger partial charge in [0, 0.05) is 49.1 Å². The molecule has 0 aliphatic carbocycles. The van der Waals surface area contributed by atoms with Gasteiger partial charge in [-0.25, -0.2) is 9.59 Å². The SMILES string of the molecule is CCOC(=O)C1=C(CN2CCN(c3cccc(Cl)c3)CC2)NC(=O)NC1c1ccc(OC(C)C)cc1. The lowest BCUT2D eigenvalue weighted by Crippen LogP contribution is -2.51. The minimum Gasteiger partial charge on any atom is -0.491 e. The third kappa shape index (κ3) is 6.30. The van der Waals surface area contributed by atoms with Gasteiger partial charge in [0.2, 0.25) is 0 Å². The number of nitrogens with zero attached hydrogens (tertiary/aromatic N) is 2. The quantitative estimate of drug-likeness (QED) is 0.518. The second-order valence-corrected chi connectivity index (χ2v) is 9.56. The molecular formula is C27H33ClN4O4. The average Bonchev–Trinajstić information content (AvgIpc) is 2.84. The summed E-state index contributed by atoms with van der Waals surface area (Å²) in [5.74, 6) is 0.290. The van der Waals surface area contributed by atoms with Crippen LogP contribution in [0.3, 0.4) is 0 Å². The van der Waals surface area contributed by atoms with Crippen LogP contribution in [-0.2, 0) is 9.53 Å². The van der Waals surface area contributed by atoms with Crippen molar-refractivity contribution in [2.24, 2.45) is 0 Å². The summed E-state index contributed by atoms with van der Waals surface area (Å²) in [6, 6.07) is 14.3. The van der Waals surface area contributed by atoms with Crippen LogP contribution in [0, 0.1) is 0 Å². The molecule has 1 unspecified atom stereocenters. The van der Waals surface area contributed by atoms with E-state index in [2.05, 4.69) is 26.5 Å². The molecule has 2 N–H and O–H groups in total. The van der Waals surface area contributed by atoms with Crippen LogP contribution in [0.4, 0.5) is 10.5 Å². The van der Waals surface area contributed by atoms with E-state index in [1.54, 1.807) is 6.92 Å². The van der Waals surface area contributed by atoms with Crippen molar-refractivity contribution in [3.8, 4) is 5.75 Å². The Bertz CT molecular complexity index is 1110. The lowest BCUT2D eigenvalue weighted by atomic mass is 9.94. The first-order valence-electron chi connectivity index (χ1n) is 12.3. The highest BCUT2D eigenvalue weighted by molar-refractivity contribution is 6.30. The molecule has 1 atom stereocenters. The van der Waals surface area contributed by atoms with Crippen molar-refractivity contribution >= 4 is 29.3 Å². The normalized spacial score (nSPS) is 18.6. The van der Waals surface area contributed by atoms with Crippen molar-refractivity contribution in [2.75, 3.05) is 44.2 Å². The number of esters is 1. The van der Waals surface area contributed by atoms with Gasteiger partial charge in [-0.05, 0) is 56.7 Å². The Labute approximate surface area is 217 Å². The Morgan fingerprint density at radius 1 is 1.11 bits per heavy atom. The van der Waals surface area contributed by atoms with Crippen molar-refractivity contribution in [1.82, 2.24) is 15.5 Å².